The van der Waals surface area contributed by atoms with Crippen molar-refractivity contribution >= 4 is 12.4 Å². The fourth-order valence-electron chi connectivity index (χ4n) is 2.32. The van der Waals surface area contributed by atoms with Gasteiger partial charge in [0, 0.05) is 13.7 Å². The van der Waals surface area contributed by atoms with Crippen molar-refractivity contribution in [1.29, 1.82) is 0 Å². The Morgan fingerprint density at radius 3 is 2.55 bits per heavy atom. The second-order valence-corrected chi connectivity index (χ2v) is 5.91. The summed E-state index contributed by atoms with van der Waals surface area (Å²) >= 11 is 0. The van der Waals surface area contributed by atoms with Crippen LogP contribution in [0.3, 0.4) is 0 Å². The summed E-state index contributed by atoms with van der Waals surface area (Å²) in [7, 11) is 1.76. The van der Waals surface area contributed by atoms with Gasteiger partial charge in [0.1, 0.15) is 0 Å². The van der Waals surface area contributed by atoms with Gasteiger partial charge >= 0.3 is 0 Å². The van der Waals surface area contributed by atoms with Crippen LogP contribution in [0.2, 0.25) is 0 Å². The molecule has 0 amide bonds. The summed E-state index contributed by atoms with van der Waals surface area (Å²) in [5.74, 6) is 1.90. The molecule has 116 valence electrons. The number of likely N-dealkylation sites (tertiary alicyclic amines) is 1. The lowest BCUT2D eigenvalue weighted by Crippen LogP contribution is -2.34. The van der Waals surface area contributed by atoms with Crippen molar-refractivity contribution in [3.05, 3.63) is 11.7 Å². The molecule has 0 atom stereocenters. The molecule has 0 unspecified atom stereocenters. The van der Waals surface area contributed by atoms with Crippen LogP contribution in [0.15, 0.2) is 4.52 Å². The number of aromatic nitrogens is 2. The Hall–Kier alpha value is -0.690. The van der Waals surface area contributed by atoms with Crippen LogP contribution < -0.4 is 5.73 Å². The lowest BCUT2D eigenvalue weighted by molar-refractivity contribution is 0.0920. The number of nitrogens with zero attached hydrogens (tertiary/aromatic N) is 3. The summed E-state index contributed by atoms with van der Waals surface area (Å²) in [5.41, 5.74) is 5.39. The zero-order valence-electron chi connectivity index (χ0n) is 12.5. The van der Waals surface area contributed by atoms with Crippen molar-refractivity contribution in [2.45, 2.75) is 38.8 Å². The Morgan fingerprint density at radius 1 is 1.40 bits per heavy atom. The van der Waals surface area contributed by atoms with Crippen LogP contribution in [-0.4, -0.2) is 41.8 Å². The highest BCUT2D eigenvalue weighted by Gasteiger charge is 2.24. The molecule has 0 radical (unpaired) electrons. The third kappa shape index (κ3) is 4.70. The Kier molecular flexibility index (Phi) is 6.39. The van der Waals surface area contributed by atoms with Gasteiger partial charge in [-0.1, -0.05) is 5.16 Å². The maximum Gasteiger partial charge on any atom is 0.240 e. The van der Waals surface area contributed by atoms with E-state index in [0.29, 0.717) is 24.2 Å². The first-order chi connectivity index (χ1) is 8.99. The molecule has 2 heterocycles. The fraction of sp³-hybridized carbons (Fsp3) is 0.846. The first-order valence-corrected chi connectivity index (χ1v) is 6.82. The molecule has 2 N–H and O–H groups in total. The van der Waals surface area contributed by atoms with E-state index in [0.717, 1.165) is 32.5 Å². The molecular formula is C13H25ClN4O2. The molecule has 1 fully saturated rings. The van der Waals surface area contributed by atoms with Gasteiger partial charge in [-0.25, -0.2) is 0 Å². The second kappa shape index (κ2) is 7.36. The van der Waals surface area contributed by atoms with Crippen LogP contribution in [0.25, 0.3) is 0 Å². The summed E-state index contributed by atoms with van der Waals surface area (Å²) < 4.78 is 10.5. The number of hydrogen-bond acceptors (Lipinski definition) is 6. The standard InChI is InChI=1S/C13H24N4O2.ClH/c1-13(2,14)12-15-11(19-16-12)8-17-6-4-10(5-7-17)9-18-3;/h10H,4-9,14H2,1-3H3;1H. The maximum atomic E-state index is 5.94. The maximum absolute atomic E-state index is 5.94. The molecule has 6 nitrogen and oxygen atoms in total. The van der Waals surface area contributed by atoms with Gasteiger partial charge in [-0.3, -0.25) is 4.90 Å². The van der Waals surface area contributed by atoms with Crippen LogP contribution >= 0.6 is 12.4 Å². The zero-order chi connectivity index (χ0) is 13.9. The highest BCUT2D eigenvalue weighted by atomic mass is 35.5. The summed E-state index contributed by atoms with van der Waals surface area (Å²) in [6.45, 7) is 7.42. The van der Waals surface area contributed by atoms with E-state index in [-0.39, 0.29) is 12.4 Å². The molecule has 1 aliphatic heterocycles. The Bertz CT molecular complexity index is 397. The molecule has 1 aromatic heterocycles. The topological polar surface area (TPSA) is 77.4 Å². The van der Waals surface area contributed by atoms with Gasteiger partial charge in [-0.05, 0) is 45.7 Å². The molecular weight excluding hydrogens is 280 g/mol. The largest absolute Gasteiger partial charge is 0.384 e. The Labute approximate surface area is 126 Å². The molecule has 1 aromatic rings. The van der Waals surface area contributed by atoms with Crippen LogP contribution in [-0.2, 0) is 16.8 Å². The van der Waals surface area contributed by atoms with E-state index in [1.807, 2.05) is 13.8 Å². The molecule has 0 saturated carbocycles. The molecule has 20 heavy (non-hydrogen) atoms. The molecule has 0 aliphatic carbocycles. The number of rotatable bonds is 5. The highest BCUT2D eigenvalue weighted by molar-refractivity contribution is 5.85. The first kappa shape index (κ1) is 17.4. The number of halogens is 1. The number of piperidine rings is 1. The minimum Gasteiger partial charge on any atom is -0.384 e. The molecule has 7 heteroatoms. The van der Waals surface area contributed by atoms with Crippen LogP contribution in [0.1, 0.15) is 38.4 Å². The molecule has 1 saturated heterocycles. The summed E-state index contributed by atoms with van der Waals surface area (Å²) in [6.07, 6.45) is 2.33. The lowest BCUT2D eigenvalue weighted by Gasteiger charge is -2.30. The van der Waals surface area contributed by atoms with Gasteiger partial charge in [-0.2, -0.15) is 4.98 Å². The van der Waals surface area contributed by atoms with Gasteiger partial charge in [0.05, 0.1) is 12.1 Å². The second-order valence-electron chi connectivity index (χ2n) is 5.91. The van der Waals surface area contributed by atoms with E-state index in [1.54, 1.807) is 7.11 Å². The molecule has 0 bridgehead atoms. The summed E-state index contributed by atoms with van der Waals surface area (Å²) in [4.78, 5) is 6.70. The van der Waals surface area contributed by atoms with Crippen molar-refractivity contribution in [2.24, 2.45) is 11.7 Å². The van der Waals surface area contributed by atoms with E-state index in [1.165, 1.54) is 0 Å². The van der Waals surface area contributed by atoms with Gasteiger partial charge in [0.15, 0.2) is 5.82 Å². The minimum absolute atomic E-state index is 0. The highest BCUT2D eigenvalue weighted by Crippen LogP contribution is 2.19. The van der Waals surface area contributed by atoms with Gasteiger partial charge in [0.25, 0.3) is 0 Å². The SMILES string of the molecule is COCC1CCN(Cc2nc(C(C)(C)N)no2)CC1.Cl. The fourth-order valence-corrected chi connectivity index (χ4v) is 2.32. The first-order valence-electron chi connectivity index (χ1n) is 6.82. The number of methoxy groups -OCH3 is 1. The predicted molar refractivity (Wildman–Crippen MR) is 78.6 cm³/mol. The molecule has 0 aromatic carbocycles. The van der Waals surface area contributed by atoms with Crippen LogP contribution in [0, 0.1) is 5.92 Å². The average Bonchev–Trinajstić information content (AvgIpc) is 2.80. The van der Waals surface area contributed by atoms with Crippen LogP contribution in [0.4, 0.5) is 0 Å². The van der Waals surface area contributed by atoms with E-state index in [4.69, 9.17) is 15.0 Å². The van der Waals surface area contributed by atoms with Crippen molar-refractivity contribution in [1.82, 2.24) is 15.0 Å². The summed E-state index contributed by atoms with van der Waals surface area (Å²) in [6, 6.07) is 0. The van der Waals surface area contributed by atoms with E-state index >= 15 is 0 Å². The third-order valence-electron chi connectivity index (χ3n) is 3.51. The third-order valence-corrected chi connectivity index (χ3v) is 3.51. The average molecular weight is 305 g/mol. The monoisotopic (exact) mass is 304 g/mol. The summed E-state index contributed by atoms with van der Waals surface area (Å²) in [5, 5.41) is 3.94. The quantitative estimate of drug-likeness (QED) is 0.889. The van der Waals surface area contributed by atoms with Crippen molar-refractivity contribution < 1.29 is 9.26 Å². The van der Waals surface area contributed by atoms with Crippen molar-refractivity contribution in [3.63, 3.8) is 0 Å². The van der Waals surface area contributed by atoms with Gasteiger partial charge in [-0.15, -0.1) is 12.4 Å². The smallest absolute Gasteiger partial charge is 0.240 e. The normalized spacial score (nSPS) is 18.0. The Morgan fingerprint density at radius 2 is 2.05 bits per heavy atom. The number of nitrogens with two attached hydrogens (primary N) is 1. The predicted octanol–water partition coefficient (Wildman–Crippen LogP) is 1.54. The van der Waals surface area contributed by atoms with E-state index in [2.05, 4.69) is 15.0 Å². The van der Waals surface area contributed by atoms with E-state index in [9.17, 15) is 0 Å². The number of ether oxygens (including phenoxy) is 1. The minimum atomic E-state index is -0.548. The number of hydrogen-bond donors (Lipinski definition) is 1. The van der Waals surface area contributed by atoms with Crippen LogP contribution in [0.5, 0.6) is 0 Å². The van der Waals surface area contributed by atoms with E-state index < -0.39 is 5.54 Å². The van der Waals surface area contributed by atoms with Crippen molar-refractivity contribution in [3.8, 4) is 0 Å². The van der Waals surface area contributed by atoms with Gasteiger partial charge < -0.3 is 15.0 Å². The lowest BCUT2D eigenvalue weighted by atomic mass is 9.98. The molecule has 0 spiro atoms. The van der Waals surface area contributed by atoms with Gasteiger partial charge in [0.2, 0.25) is 5.89 Å². The zero-order valence-corrected chi connectivity index (χ0v) is 13.3. The molecule has 1 aliphatic rings. The Balaban J connectivity index is 0.00000200. The van der Waals surface area contributed by atoms with Crippen molar-refractivity contribution in [2.75, 3.05) is 26.8 Å². The molecule has 2 rings (SSSR count).